The Morgan fingerprint density at radius 2 is 1.04 bits per heavy atom. The molecule has 0 aromatic heterocycles. The van der Waals surface area contributed by atoms with Crippen LogP contribution in [0.15, 0.2) is 90.5 Å². The van der Waals surface area contributed by atoms with Gasteiger partial charge in [-0.15, -0.1) is 0 Å². The van der Waals surface area contributed by atoms with E-state index in [1.807, 2.05) is 13.8 Å². The van der Waals surface area contributed by atoms with Crippen molar-refractivity contribution >= 4 is 22.6 Å². The Bertz CT molecular complexity index is 789. The third kappa shape index (κ3) is 4.64. The van der Waals surface area contributed by atoms with Crippen LogP contribution in [0.1, 0.15) is 40.2 Å². The molecule has 0 radical (unpaired) electrons. The van der Waals surface area contributed by atoms with E-state index in [0.29, 0.717) is 0 Å². The molecule has 0 heterocycles. The van der Waals surface area contributed by atoms with Gasteiger partial charge in [-0.25, -0.2) is 0 Å². The highest BCUT2D eigenvalue weighted by atomic mass is 15.1. The van der Waals surface area contributed by atoms with Gasteiger partial charge in [0.15, 0.2) is 0 Å². The fraction of sp³-hybridized carbons (Fsp3) is 0.200. The smallest absolute Gasteiger partial charge is 0.0467 e. The number of benzene rings is 3. The molecule has 3 aromatic rings. The Kier molecular flexibility index (Phi) is 7.23. The second-order valence-electron chi connectivity index (χ2n) is 6.18. The van der Waals surface area contributed by atoms with E-state index in [-0.39, 0.29) is 0 Å². The van der Waals surface area contributed by atoms with E-state index in [4.69, 9.17) is 0 Å². The third-order valence-corrected chi connectivity index (χ3v) is 4.32. The Labute approximate surface area is 158 Å². The molecule has 0 aliphatic carbocycles. The van der Waals surface area contributed by atoms with Crippen LogP contribution in [-0.4, -0.2) is 0 Å². The van der Waals surface area contributed by atoms with Crippen molar-refractivity contribution < 1.29 is 0 Å². The predicted octanol–water partition coefficient (Wildman–Crippen LogP) is 8.00. The van der Waals surface area contributed by atoms with Crippen molar-refractivity contribution in [1.82, 2.24) is 0 Å². The SMILES string of the molecule is CC.CC(C)=C(C)c1cccc(N(c2ccccc2)c2ccccc2)c1. The minimum atomic E-state index is 1.16. The lowest BCUT2D eigenvalue weighted by Crippen LogP contribution is -2.09. The summed E-state index contributed by atoms with van der Waals surface area (Å²) in [5.74, 6) is 0. The van der Waals surface area contributed by atoms with Gasteiger partial charge < -0.3 is 4.90 Å². The predicted molar refractivity (Wildman–Crippen MR) is 116 cm³/mol. The molecule has 3 rings (SSSR count). The van der Waals surface area contributed by atoms with Gasteiger partial charge in [-0.1, -0.05) is 68.0 Å². The Balaban J connectivity index is 0.00000117. The number of hydrogen-bond donors (Lipinski definition) is 0. The molecule has 1 heteroatoms. The molecular weight excluding hydrogens is 314 g/mol. The topological polar surface area (TPSA) is 3.24 Å². The summed E-state index contributed by atoms with van der Waals surface area (Å²) in [6, 6.07) is 29.8. The van der Waals surface area contributed by atoms with Gasteiger partial charge in [0.2, 0.25) is 0 Å². The highest BCUT2D eigenvalue weighted by Gasteiger charge is 2.12. The van der Waals surface area contributed by atoms with Crippen molar-refractivity contribution in [2.45, 2.75) is 34.6 Å². The first kappa shape index (κ1) is 19.5. The second kappa shape index (κ2) is 9.62. The van der Waals surface area contributed by atoms with Crippen molar-refractivity contribution in [3.63, 3.8) is 0 Å². The lowest BCUT2D eigenvalue weighted by molar-refractivity contribution is 1.27. The highest BCUT2D eigenvalue weighted by Crippen LogP contribution is 2.35. The summed E-state index contributed by atoms with van der Waals surface area (Å²) in [5.41, 5.74) is 7.44. The maximum Gasteiger partial charge on any atom is 0.0467 e. The maximum atomic E-state index is 2.29. The Hall–Kier alpha value is -2.80. The summed E-state index contributed by atoms with van der Waals surface area (Å²) in [4.78, 5) is 2.29. The highest BCUT2D eigenvalue weighted by molar-refractivity contribution is 5.79. The van der Waals surface area contributed by atoms with Crippen molar-refractivity contribution in [3.05, 3.63) is 96.1 Å². The van der Waals surface area contributed by atoms with Gasteiger partial charge in [-0.05, 0) is 68.3 Å². The molecule has 0 saturated carbocycles. The summed E-state index contributed by atoms with van der Waals surface area (Å²) in [6.45, 7) is 10.5. The van der Waals surface area contributed by atoms with Gasteiger partial charge in [0, 0.05) is 17.1 Å². The summed E-state index contributed by atoms with van der Waals surface area (Å²) in [5, 5.41) is 0. The van der Waals surface area contributed by atoms with Crippen molar-refractivity contribution in [1.29, 1.82) is 0 Å². The van der Waals surface area contributed by atoms with Gasteiger partial charge in [-0.2, -0.15) is 0 Å². The van der Waals surface area contributed by atoms with Crippen LogP contribution < -0.4 is 4.90 Å². The van der Waals surface area contributed by atoms with E-state index < -0.39 is 0 Å². The van der Waals surface area contributed by atoms with Gasteiger partial charge in [0.1, 0.15) is 0 Å². The molecule has 0 saturated heterocycles. The van der Waals surface area contributed by atoms with Crippen LogP contribution in [-0.2, 0) is 0 Å². The van der Waals surface area contributed by atoms with E-state index in [1.54, 1.807) is 0 Å². The first-order chi connectivity index (χ1) is 12.7. The number of allylic oxidation sites excluding steroid dienone is 2. The molecule has 26 heavy (non-hydrogen) atoms. The van der Waals surface area contributed by atoms with Crippen LogP contribution in [0.5, 0.6) is 0 Å². The van der Waals surface area contributed by atoms with Crippen molar-refractivity contribution in [3.8, 4) is 0 Å². The van der Waals surface area contributed by atoms with Gasteiger partial charge in [0.05, 0.1) is 0 Å². The third-order valence-electron chi connectivity index (χ3n) is 4.32. The zero-order chi connectivity index (χ0) is 18.9. The summed E-state index contributed by atoms with van der Waals surface area (Å²) < 4.78 is 0. The number of anilines is 3. The molecule has 3 aromatic carbocycles. The van der Waals surface area contributed by atoms with Crippen molar-refractivity contribution in [2.24, 2.45) is 0 Å². The normalized spacial score (nSPS) is 9.73. The molecule has 0 atom stereocenters. The quantitative estimate of drug-likeness (QED) is 0.464. The largest absolute Gasteiger partial charge is 0.310 e. The molecular formula is C25H29N. The van der Waals surface area contributed by atoms with Crippen LogP contribution in [0.4, 0.5) is 17.1 Å². The molecule has 0 fully saturated rings. The fourth-order valence-corrected chi connectivity index (χ4v) is 2.77. The molecule has 0 spiro atoms. The zero-order valence-electron chi connectivity index (χ0n) is 16.5. The number of para-hydroxylation sites is 2. The van der Waals surface area contributed by atoms with Gasteiger partial charge in [-0.3, -0.25) is 0 Å². The lowest BCUT2D eigenvalue weighted by Gasteiger charge is -2.26. The average molecular weight is 344 g/mol. The van der Waals surface area contributed by atoms with Crippen molar-refractivity contribution in [2.75, 3.05) is 4.90 Å². The van der Waals surface area contributed by atoms with E-state index >= 15 is 0 Å². The minimum Gasteiger partial charge on any atom is -0.310 e. The first-order valence-corrected chi connectivity index (χ1v) is 9.31. The molecule has 1 nitrogen and oxygen atoms in total. The van der Waals surface area contributed by atoms with Crippen LogP contribution in [0.2, 0.25) is 0 Å². The molecule has 0 unspecified atom stereocenters. The molecule has 0 bridgehead atoms. The van der Waals surface area contributed by atoms with Crippen LogP contribution in [0, 0.1) is 0 Å². The van der Waals surface area contributed by atoms with Crippen LogP contribution in [0.25, 0.3) is 5.57 Å². The molecule has 0 N–H and O–H groups in total. The Morgan fingerprint density at radius 1 is 0.577 bits per heavy atom. The zero-order valence-corrected chi connectivity index (χ0v) is 16.5. The molecule has 134 valence electrons. The van der Waals surface area contributed by atoms with E-state index in [2.05, 4.69) is 111 Å². The first-order valence-electron chi connectivity index (χ1n) is 9.31. The summed E-state index contributed by atoms with van der Waals surface area (Å²) in [6.07, 6.45) is 0. The fourth-order valence-electron chi connectivity index (χ4n) is 2.77. The maximum absolute atomic E-state index is 2.29. The lowest BCUT2D eigenvalue weighted by atomic mass is 10.0. The Morgan fingerprint density at radius 3 is 1.50 bits per heavy atom. The van der Waals surface area contributed by atoms with Crippen LogP contribution in [0.3, 0.4) is 0 Å². The summed E-state index contributed by atoms with van der Waals surface area (Å²) >= 11 is 0. The number of nitrogens with zero attached hydrogens (tertiary/aromatic N) is 1. The number of hydrogen-bond acceptors (Lipinski definition) is 1. The standard InChI is InChI=1S/C23H23N.C2H6/c1-18(2)19(3)20-11-10-16-23(17-20)24(21-12-6-4-7-13-21)22-14-8-5-9-15-22;1-2/h4-17H,1-3H3;1-2H3. The van der Waals surface area contributed by atoms with E-state index in [9.17, 15) is 0 Å². The molecule has 0 amide bonds. The van der Waals surface area contributed by atoms with E-state index in [0.717, 1.165) is 11.4 Å². The van der Waals surface area contributed by atoms with Crippen LogP contribution >= 0.6 is 0 Å². The van der Waals surface area contributed by atoms with E-state index in [1.165, 1.54) is 22.4 Å². The van der Waals surface area contributed by atoms with Gasteiger partial charge >= 0.3 is 0 Å². The monoisotopic (exact) mass is 343 g/mol. The minimum absolute atomic E-state index is 1.16. The molecule has 0 aliphatic heterocycles. The summed E-state index contributed by atoms with van der Waals surface area (Å²) in [7, 11) is 0. The van der Waals surface area contributed by atoms with Gasteiger partial charge in [0.25, 0.3) is 0 Å². The average Bonchev–Trinajstić information content (AvgIpc) is 2.71. The number of rotatable bonds is 4. The second-order valence-corrected chi connectivity index (χ2v) is 6.18. The molecule has 0 aliphatic rings.